The molecule has 0 heterocycles. The maximum absolute atomic E-state index is 12.1. The van der Waals surface area contributed by atoms with Crippen LogP contribution in [0.3, 0.4) is 0 Å². The van der Waals surface area contributed by atoms with E-state index in [-0.39, 0.29) is 39.5 Å². The van der Waals surface area contributed by atoms with Crippen LogP contribution in [0.5, 0.6) is 23.0 Å². The Morgan fingerprint density at radius 1 is 0.490 bits per heavy atom. The Labute approximate surface area is 304 Å². The number of rotatable bonds is 20. The van der Waals surface area contributed by atoms with Gasteiger partial charge >= 0.3 is 16.5 Å². The fourth-order valence-corrected chi connectivity index (χ4v) is 5.89. The van der Waals surface area contributed by atoms with Crippen molar-refractivity contribution in [3.05, 3.63) is 71.8 Å². The van der Waals surface area contributed by atoms with Gasteiger partial charge in [0.25, 0.3) is 0 Å². The molecule has 0 saturated heterocycles. The van der Waals surface area contributed by atoms with Crippen LogP contribution in [0.4, 0.5) is 0 Å². The van der Waals surface area contributed by atoms with Crippen LogP contribution in [-0.2, 0) is 16.5 Å². The van der Waals surface area contributed by atoms with Gasteiger partial charge < -0.3 is 20.4 Å². The number of phenols is 2. The van der Waals surface area contributed by atoms with E-state index in [1.807, 2.05) is 0 Å². The molecular weight excluding hydrogens is 655 g/mol. The fraction of sp³-hybridized carbons (Fsp3) is 0.476. The first-order valence-electron chi connectivity index (χ1n) is 18.3. The molecule has 0 spiro atoms. The van der Waals surface area contributed by atoms with E-state index < -0.39 is 0 Å². The van der Waals surface area contributed by atoms with E-state index in [0.29, 0.717) is 11.1 Å². The Hall–Kier alpha value is -3.57. The topological polar surface area (TPSA) is 111 Å². The Kier molecular flexibility index (Phi) is 20.8. The second-order valence-electron chi connectivity index (χ2n) is 12.8. The van der Waals surface area contributed by atoms with Crippen LogP contribution in [0.2, 0.25) is 0 Å². The summed E-state index contributed by atoms with van der Waals surface area (Å²) in [5, 5.41) is 46.6. The van der Waals surface area contributed by atoms with E-state index in [4.69, 9.17) is 0 Å². The van der Waals surface area contributed by atoms with Crippen molar-refractivity contribution in [2.75, 3.05) is 13.1 Å². The predicted molar refractivity (Wildman–Crippen MR) is 200 cm³/mol. The number of unbranched alkanes of at least 4 members (excludes halogenated alkanes) is 14. The van der Waals surface area contributed by atoms with Gasteiger partial charge in [0.2, 0.25) is 0 Å². The number of benzene rings is 4. The van der Waals surface area contributed by atoms with Gasteiger partial charge in [-0.25, -0.2) is 0 Å². The smallest absolute Gasteiger partial charge is 0.872 e. The van der Waals surface area contributed by atoms with Gasteiger partial charge in [-0.2, -0.15) is 0 Å². The molecule has 49 heavy (non-hydrogen) atoms. The molecule has 0 fully saturated rings. The zero-order valence-corrected chi connectivity index (χ0v) is 30.6. The monoisotopic (exact) mass is 710 g/mol. The van der Waals surface area contributed by atoms with Gasteiger partial charge in [0.1, 0.15) is 11.5 Å². The van der Waals surface area contributed by atoms with Crippen LogP contribution >= 0.6 is 0 Å². The first kappa shape index (κ1) is 41.6. The number of aliphatic imine (C=N–C) groups is 2. The maximum atomic E-state index is 12.1. The number of fused-ring (bicyclic) bond motifs is 2. The Bertz CT molecular complexity index is 1450. The van der Waals surface area contributed by atoms with Gasteiger partial charge in [-0.1, -0.05) is 152 Å². The number of hydrogen-bond donors (Lipinski definition) is 2. The van der Waals surface area contributed by atoms with Crippen molar-refractivity contribution in [3.8, 4) is 23.0 Å². The van der Waals surface area contributed by atoms with Crippen LogP contribution in [0.15, 0.2) is 70.6 Å². The summed E-state index contributed by atoms with van der Waals surface area (Å²) in [7, 11) is 0. The summed E-state index contributed by atoms with van der Waals surface area (Å²) < 4.78 is 0. The van der Waals surface area contributed by atoms with Gasteiger partial charge in [-0.15, -0.1) is 0 Å². The van der Waals surface area contributed by atoms with E-state index in [2.05, 4.69) is 23.8 Å². The minimum Gasteiger partial charge on any atom is -0.872 e. The number of phenolic OH excluding ortho intramolecular Hbond substituents is 2. The molecule has 0 atom stereocenters. The molecule has 7 heteroatoms. The van der Waals surface area contributed by atoms with Gasteiger partial charge in [-0.05, 0) is 69.8 Å². The molecule has 0 unspecified atom stereocenters. The molecule has 268 valence electrons. The summed E-state index contributed by atoms with van der Waals surface area (Å²) in [6, 6.07) is 16.7. The van der Waals surface area contributed by atoms with E-state index in [1.165, 1.54) is 89.9 Å². The number of hydrogen-bond acceptors (Lipinski definition) is 6. The summed E-state index contributed by atoms with van der Waals surface area (Å²) >= 11 is 0. The van der Waals surface area contributed by atoms with Crippen molar-refractivity contribution in [2.24, 2.45) is 9.98 Å². The van der Waals surface area contributed by atoms with Crippen molar-refractivity contribution >= 4 is 34.0 Å². The summed E-state index contributed by atoms with van der Waals surface area (Å²) in [5.74, 6) is 0.381. The molecule has 0 bridgehead atoms. The second-order valence-corrected chi connectivity index (χ2v) is 12.8. The van der Waals surface area contributed by atoms with Crippen molar-refractivity contribution in [3.63, 3.8) is 0 Å². The first-order valence-corrected chi connectivity index (χ1v) is 18.3. The van der Waals surface area contributed by atoms with Crippen molar-refractivity contribution in [2.45, 2.75) is 117 Å². The SMILES string of the molecule is CCCCCCCCCCN=Cc1c([O-])ccc2cc(O)ccc12.CCCCCCCCCCN=Cc1c([O-])ccc2cc(O)ccc12.[Ni+2]. The second kappa shape index (κ2) is 24.5. The summed E-state index contributed by atoms with van der Waals surface area (Å²) in [6.07, 6.45) is 23.9. The average molecular weight is 712 g/mol. The molecule has 0 aliphatic rings. The molecule has 0 saturated carbocycles. The third-order valence-electron chi connectivity index (χ3n) is 8.73. The minimum absolute atomic E-state index is 0. The standard InChI is InChI=1S/2C21H29NO2.Ni/c2*1-2-3-4-5-6-7-8-9-14-22-16-20-19-12-11-18(23)15-17(19)10-13-21(20)24;/h2*10-13,15-16,23-24H,2-9,14H2,1H3;/q;;+2/p-2. The summed E-state index contributed by atoms with van der Waals surface area (Å²) in [6.45, 7) is 6.01. The molecule has 0 aliphatic heterocycles. The molecule has 0 amide bonds. The predicted octanol–water partition coefficient (Wildman–Crippen LogP) is 10.4. The molecular formula is C42H56N2NiO4. The Morgan fingerprint density at radius 3 is 1.20 bits per heavy atom. The maximum Gasteiger partial charge on any atom is 2.00 e. The Morgan fingerprint density at radius 2 is 0.837 bits per heavy atom. The average Bonchev–Trinajstić information content (AvgIpc) is 3.08. The van der Waals surface area contributed by atoms with Crippen LogP contribution in [0, 0.1) is 0 Å². The molecule has 2 N–H and O–H groups in total. The van der Waals surface area contributed by atoms with Gasteiger partial charge in [0.15, 0.2) is 0 Å². The third kappa shape index (κ3) is 15.2. The van der Waals surface area contributed by atoms with Gasteiger partial charge in [0, 0.05) is 25.5 Å². The molecule has 6 nitrogen and oxygen atoms in total. The van der Waals surface area contributed by atoms with E-state index in [0.717, 1.165) is 47.5 Å². The van der Waals surface area contributed by atoms with Crippen LogP contribution < -0.4 is 10.2 Å². The molecule has 0 aromatic heterocycles. The largest absolute Gasteiger partial charge is 2.00 e. The normalized spacial score (nSPS) is 11.3. The zero-order valence-electron chi connectivity index (χ0n) is 29.6. The van der Waals surface area contributed by atoms with Crippen molar-refractivity contribution in [1.29, 1.82) is 0 Å². The van der Waals surface area contributed by atoms with Crippen molar-refractivity contribution in [1.82, 2.24) is 0 Å². The molecule has 4 aromatic carbocycles. The zero-order chi connectivity index (χ0) is 34.4. The third-order valence-corrected chi connectivity index (χ3v) is 8.73. The van der Waals surface area contributed by atoms with Gasteiger partial charge in [0.05, 0.1) is 0 Å². The van der Waals surface area contributed by atoms with E-state index in [9.17, 15) is 20.4 Å². The molecule has 0 aliphatic carbocycles. The van der Waals surface area contributed by atoms with Crippen LogP contribution in [-0.4, -0.2) is 35.7 Å². The minimum atomic E-state index is -0.0205. The Balaban J connectivity index is 0.000000333. The van der Waals surface area contributed by atoms with E-state index in [1.54, 1.807) is 73.1 Å². The quantitative estimate of drug-likeness (QED) is 0.0540. The molecule has 4 rings (SSSR count). The summed E-state index contributed by atoms with van der Waals surface area (Å²) in [4.78, 5) is 8.87. The number of nitrogens with zero attached hydrogens (tertiary/aromatic N) is 2. The first-order chi connectivity index (χ1) is 23.4. The molecule has 0 radical (unpaired) electrons. The van der Waals surface area contributed by atoms with E-state index >= 15 is 0 Å². The van der Waals surface area contributed by atoms with Crippen LogP contribution in [0.1, 0.15) is 128 Å². The number of aromatic hydroxyl groups is 2. The van der Waals surface area contributed by atoms with Gasteiger partial charge in [-0.3, -0.25) is 9.98 Å². The molecule has 4 aromatic rings. The van der Waals surface area contributed by atoms with Crippen molar-refractivity contribution < 1.29 is 36.9 Å². The summed E-state index contributed by atoms with van der Waals surface area (Å²) in [5.41, 5.74) is 1.24. The van der Waals surface area contributed by atoms with Crippen LogP contribution in [0.25, 0.3) is 21.5 Å². The fourth-order valence-electron chi connectivity index (χ4n) is 5.89.